The predicted octanol–water partition coefficient (Wildman–Crippen LogP) is 3.50. The van der Waals surface area contributed by atoms with Crippen LogP contribution < -0.4 is 10.1 Å². The van der Waals surface area contributed by atoms with Gasteiger partial charge in [0.2, 0.25) is 5.88 Å². The summed E-state index contributed by atoms with van der Waals surface area (Å²) in [5.41, 5.74) is 3.42. The maximum absolute atomic E-state index is 6.15. The van der Waals surface area contributed by atoms with Crippen LogP contribution in [0.1, 0.15) is 23.1 Å². The lowest BCUT2D eigenvalue weighted by molar-refractivity contribution is 0.138. The number of aryl methyl sites for hydroxylation is 1. The number of rotatable bonds is 6. The average Bonchev–Trinajstić information content (AvgIpc) is 3.04. The minimum Gasteiger partial charge on any atom is -0.472 e. The number of ether oxygens (including phenoxy) is 2. The molecule has 0 spiro atoms. The minimum absolute atomic E-state index is 0.125. The van der Waals surface area contributed by atoms with Gasteiger partial charge in [-0.3, -0.25) is 0 Å². The molecule has 122 valence electrons. The number of hydrogen-bond donors (Lipinski definition) is 1. The Hall–Kier alpha value is -1.62. The van der Waals surface area contributed by atoms with E-state index in [1.54, 1.807) is 6.20 Å². The summed E-state index contributed by atoms with van der Waals surface area (Å²) in [6, 6.07) is 10.1. The molecule has 0 saturated carbocycles. The Morgan fingerprint density at radius 1 is 1.26 bits per heavy atom. The molecule has 1 aliphatic rings. The highest BCUT2D eigenvalue weighted by Crippen LogP contribution is 2.17. The van der Waals surface area contributed by atoms with Crippen molar-refractivity contribution in [3.63, 3.8) is 0 Å². The number of pyridine rings is 1. The van der Waals surface area contributed by atoms with E-state index in [0.29, 0.717) is 12.5 Å². The summed E-state index contributed by atoms with van der Waals surface area (Å²) in [7, 11) is 0. The molecule has 1 N–H and O–H groups in total. The molecule has 1 saturated heterocycles. The summed E-state index contributed by atoms with van der Waals surface area (Å²) in [6.07, 6.45) is 2.84. The first-order chi connectivity index (χ1) is 11.2. The van der Waals surface area contributed by atoms with E-state index in [1.807, 2.05) is 31.2 Å². The number of nitrogens with one attached hydrogen (secondary N) is 1. The van der Waals surface area contributed by atoms with E-state index >= 15 is 0 Å². The third kappa shape index (κ3) is 4.67. The molecule has 1 atom stereocenters. The van der Waals surface area contributed by atoms with Gasteiger partial charge in [-0.25, -0.2) is 4.98 Å². The molecule has 1 fully saturated rings. The van der Waals surface area contributed by atoms with Crippen LogP contribution in [0.15, 0.2) is 36.5 Å². The van der Waals surface area contributed by atoms with E-state index in [1.165, 1.54) is 5.56 Å². The Kier molecular flexibility index (Phi) is 5.49. The number of aromatic nitrogens is 1. The topological polar surface area (TPSA) is 43.4 Å². The number of benzene rings is 1. The van der Waals surface area contributed by atoms with Crippen LogP contribution in [0.4, 0.5) is 0 Å². The Bertz CT molecular complexity index is 657. The van der Waals surface area contributed by atoms with Gasteiger partial charge in [0.1, 0.15) is 6.10 Å². The molecule has 1 aliphatic heterocycles. The maximum atomic E-state index is 6.15. The molecule has 0 unspecified atom stereocenters. The summed E-state index contributed by atoms with van der Waals surface area (Å²) < 4.78 is 11.1. The van der Waals surface area contributed by atoms with Crippen LogP contribution in [0.25, 0.3) is 0 Å². The fourth-order valence-corrected chi connectivity index (χ4v) is 2.70. The molecule has 5 heteroatoms. The van der Waals surface area contributed by atoms with Gasteiger partial charge in [-0.05, 0) is 35.7 Å². The van der Waals surface area contributed by atoms with Gasteiger partial charge in [0, 0.05) is 36.8 Å². The molecular formula is C18H21ClN2O2. The number of halogens is 1. The van der Waals surface area contributed by atoms with Gasteiger partial charge in [0.15, 0.2) is 0 Å². The van der Waals surface area contributed by atoms with Gasteiger partial charge < -0.3 is 14.8 Å². The van der Waals surface area contributed by atoms with Crippen molar-refractivity contribution in [3.8, 4) is 5.88 Å². The van der Waals surface area contributed by atoms with E-state index in [4.69, 9.17) is 21.1 Å². The second kappa shape index (κ2) is 7.77. The lowest BCUT2D eigenvalue weighted by Gasteiger charge is -2.12. The van der Waals surface area contributed by atoms with Crippen LogP contribution in [-0.2, 0) is 17.8 Å². The van der Waals surface area contributed by atoms with Gasteiger partial charge >= 0.3 is 0 Å². The SMILES string of the molecule is Cc1ccc(CNCc2ccnc(O[C@H]3CCOC3)c2)cc1Cl. The van der Waals surface area contributed by atoms with E-state index in [0.717, 1.165) is 42.3 Å². The molecule has 0 radical (unpaired) electrons. The zero-order chi connectivity index (χ0) is 16.1. The molecule has 1 aromatic carbocycles. The molecule has 0 amide bonds. The number of hydrogen-bond acceptors (Lipinski definition) is 4. The summed E-state index contributed by atoms with van der Waals surface area (Å²) in [4.78, 5) is 4.27. The third-order valence-corrected chi connectivity index (χ3v) is 4.28. The average molecular weight is 333 g/mol. The van der Waals surface area contributed by atoms with Gasteiger partial charge in [-0.15, -0.1) is 0 Å². The Labute approximate surface area is 141 Å². The first-order valence-electron chi connectivity index (χ1n) is 7.86. The maximum Gasteiger partial charge on any atom is 0.213 e. The van der Waals surface area contributed by atoms with E-state index in [2.05, 4.69) is 16.4 Å². The van der Waals surface area contributed by atoms with Gasteiger partial charge in [0.25, 0.3) is 0 Å². The normalized spacial score (nSPS) is 17.4. The van der Waals surface area contributed by atoms with Crippen molar-refractivity contribution in [3.05, 3.63) is 58.2 Å². The van der Waals surface area contributed by atoms with Crippen molar-refractivity contribution in [2.24, 2.45) is 0 Å². The summed E-state index contributed by atoms with van der Waals surface area (Å²) in [6.45, 7) is 4.96. The van der Waals surface area contributed by atoms with Crippen molar-refractivity contribution >= 4 is 11.6 Å². The van der Waals surface area contributed by atoms with Gasteiger partial charge in [0.05, 0.1) is 13.2 Å². The summed E-state index contributed by atoms with van der Waals surface area (Å²) in [5.74, 6) is 0.665. The zero-order valence-electron chi connectivity index (χ0n) is 13.2. The molecule has 3 rings (SSSR count). The van der Waals surface area contributed by atoms with Crippen LogP contribution in [0.2, 0.25) is 5.02 Å². The van der Waals surface area contributed by atoms with Crippen LogP contribution in [-0.4, -0.2) is 24.3 Å². The molecule has 4 nitrogen and oxygen atoms in total. The molecule has 0 aliphatic carbocycles. The molecule has 1 aromatic heterocycles. The molecular weight excluding hydrogens is 312 g/mol. The predicted molar refractivity (Wildman–Crippen MR) is 90.8 cm³/mol. The van der Waals surface area contributed by atoms with Gasteiger partial charge in [-0.1, -0.05) is 23.7 Å². The highest BCUT2D eigenvalue weighted by molar-refractivity contribution is 6.31. The fraction of sp³-hybridized carbons (Fsp3) is 0.389. The lowest BCUT2D eigenvalue weighted by atomic mass is 10.1. The van der Waals surface area contributed by atoms with Crippen molar-refractivity contribution in [1.82, 2.24) is 10.3 Å². The second-order valence-electron chi connectivity index (χ2n) is 5.79. The largest absolute Gasteiger partial charge is 0.472 e. The van der Waals surface area contributed by atoms with Crippen LogP contribution in [0.5, 0.6) is 5.88 Å². The standard InChI is InChI=1S/C18H21ClN2O2/c1-13-2-3-14(8-17(13)19)10-20-11-15-4-6-21-18(9-15)23-16-5-7-22-12-16/h2-4,6,8-9,16,20H,5,7,10-12H2,1H3/t16-/m0/s1. The van der Waals surface area contributed by atoms with Crippen molar-refractivity contribution in [2.45, 2.75) is 32.5 Å². The quantitative estimate of drug-likeness (QED) is 0.879. The van der Waals surface area contributed by atoms with Crippen molar-refractivity contribution in [1.29, 1.82) is 0 Å². The van der Waals surface area contributed by atoms with Crippen LogP contribution >= 0.6 is 11.6 Å². The minimum atomic E-state index is 0.125. The third-order valence-electron chi connectivity index (χ3n) is 3.87. The highest BCUT2D eigenvalue weighted by atomic mass is 35.5. The first-order valence-corrected chi connectivity index (χ1v) is 8.23. The molecule has 0 bridgehead atoms. The Morgan fingerprint density at radius 2 is 2.09 bits per heavy atom. The summed E-state index contributed by atoms with van der Waals surface area (Å²) >= 11 is 6.15. The van der Waals surface area contributed by atoms with E-state index < -0.39 is 0 Å². The highest BCUT2D eigenvalue weighted by Gasteiger charge is 2.17. The summed E-state index contributed by atoms with van der Waals surface area (Å²) in [5, 5.41) is 4.23. The smallest absolute Gasteiger partial charge is 0.213 e. The zero-order valence-corrected chi connectivity index (χ0v) is 14.0. The Balaban J connectivity index is 1.52. The Morgan fingerprint density at radius 3 is 2.83 bits per heavy atom. The molecule has 23 heavy (non-hydrogen) atoms. The molecule has 2 aromatic rings. The first kappa shape index (κ1) is 16.2. The lowest BCUT2D eigenvalue weighted by Crippen LogP contribution is -2.17. The van der Waals surface area contributed by atoms with Crippen molar-refractivity contribution in [2.75, 3.05) is 13.2 Å². The fourth-order valence-electron chi connectivity index (χ4n) is 2.50. The monoisotopic (exact) mass is 332 g/mol. The van der Waals surface area contributed by atoms with E-state index in [9.17, 15) is 0 Å². The van der Waals surface area contributed by atoms with Gasteiger partial charge in [-0.2, -0.15) is 0 Å². The number of nitrogens with zero attached hydrogens (tertiary/aromatic N) is 1. The van der Waals surface area contributed by atoms with E-state index in [-0.39, 0.29) is 6.10 Å². The van der Waals surface area contributed by atoms with Crippen molar-refractivity contribution < 1.29 is 9.47 Å². The molecule has 2 heterocycles. The van der Waals surface area contributed by atoms with Crippen LogP contribution in [0, 0.1) is 6.92 Å². The van der Waals surface area contributed by atoms with Crippen LogP contribution in [0.3, 0.4) is 0 Å². The second-order valence-corrected chi connectivity index (χ2v) is 6.20.